The SMILES string of the molecule is Cc1cc2c(C(=O)NC(C)C)cccc2n1-c1nc2c(c(NCc3ccccc3)n1)CNCC2. The molecule has 3 N–H and O–H groups in total. The number of rotatable bonds is 6. The number of benzene rings is 2. The third-order valence-corrected chi connectivity index (χ3v) is 6.12. The van der Waals surface area contributed by atoms with Crippen LogP contribution in [0.25, 0.3) is 16.9 Å². The van der Waals surface area contributed by atoms with Crippen LogP contribution in [0, 0.1) is 6.92 Å². The normalized spacial score (nSPS) is 13.2. The highest BCUT2D eigenvalue weighted by atomic mass is 16.1. The Morgan fingerprint density at radius 1 is 1.12 bits per heavy atom. The molecule has 2 aromatic carbocycles. The monoisotopic (exact) mass is 454 g/mol. The fourth-order valence-electron chi connectivity index (χ4n) is 4.52. The van der Waals surface area contributed by atoms with Gasteiger partial charge in [-0.2, -0.15) is 4.98 Å². The predicted molar refractivity (Wildman–Crippen MR) is 135 cm³/mol. The van der Waals surface area contributed by atoms with E-state index < -0.39 is 0 Å². The van der Waals surface area contributed by atoms with E-state index in [1.54, 1.807) is 0 Å². The summed E-state index contributed by atoms with van der Waals surface area (Å²) in [6.07, 6.45) is 0.852. The molecule has 0 saturated heterocycles. The minimum atomic E-state index is -0.0691. The summed E-state index contributed by atoms with van der Waals surface area (Å²) in [7, 11) is 0. The Hall–Kier alpha value is -3.71. The summed E-state index contributed by atoms with van der Waals surface area (Å²) in [5.74, 6) is 1.41. The van der Waals surface area contributed by atoms with E-state index in [1.807, 2.05) is 63.2 Å². The number of nitrogens with zero attached hydrogens (tertiary/aromatic N) is 3. The van der Waals surface area contributed by atoms with Crippen molar-refractivity contribution in [2.75, 3.05) is 11.9 Å². The summed E-state index contributed by atoms with van der Waals surface area (Å²) in [4.78, 5) is 22.8. The lowest BCUT2D eigenvalue weighted by Crippen LogP contribution is -2.30. The topological polar surface area (TPSA) is 83.9 Å². The highest BCUT2D eigenvalue weighted by molar-refractivity contribution is 6.07. The van der Waals surface area contributed by atoms with Crippen LogP contribution in [0.2, 0.25) is 0 Å². The molecule has 3 heterocycles. The molecule has 0 fully saturated rings. The third-order valence-electron chi connectivity index (χ3n) is 6.12. The number of fused-ring (bicyclic) bond motifs is 2. The van der Waals surface area contributed by atoms with Gasteiger partial charge in [-0.15, -0.1) is 0 Å². The predicted octanol–water partition coefficient (Wildman–Crippen LogP) is 4.12. The number of amides is 1. The van der Waals surface area contributed by atoms with Crippen LogP contribution in [0.1, 0.15) is 46.7 Å². The highest BCUT2D eigenvalue weighted by Gasteiger charge is 2.21. The van der Waals surface area contributed by atoms with E-state index in [4.69, 9.17) is 9.97 Å². The fraction of sp³-hybridized carbons (Fsp3) is 0.296. The zero-order chi connectivity index (χ0) is 23.7. The van der Waals surface area contributed by atoms with E-state index in [1.165, 1.54) is 5.56 Å². The summed E-state index contributed by atoms with van der Waals surface area (Å²) in [5.41, 5.74) is 5.96. The van der Waals surface area contributed by atoms with Crippen LogP contribution >= 0.6 is 0 Å². The van der Waals surface area contributed by atoms with Crippen molar-refractivity contribution in [3.8, 4) is 5.95 Å². The number of nitrogens with one attached hydrogen (secondary N) is 3. The lowest BCUT2D eigenvalue weighted by molar-refractivity contribution is 0.0945. The summed E-state index contributed by atoms with van der Waals surface area (Å²) in [6, 6.07) is 18.3. The second-order valence-electron chi connectivity index (χ2n) is 9.05. The molecule has 1 amide bonds. The van der Waals surface area contributed by atoms with Crippen molar-refractivity contribution in [2.45, 2.75) is 46.3 Å². The Bertz CT molecular complexity index is 1340. The van der Waals surface area contributed by atoms with E-state index in [0.717, 1.165) is 53.2 Å². The Morgan fingerprint density at radius 2 is 1.94 bits per heavy atom. The Balaban J connectivity index is 1.59. The first-order chi connectivity index (χ1) is 16.5. The maximum absolute atomic E-state index is 12.8. The quantitative estimate of drug-likeness (QED) is 0.408. The molecule has 0 unspecified atom stereocenters. The molecule has 0 radical (unpaired) electrons. The van der Waals surface area contributed by atoms with Crippen LogP contribution in [-0.4, -0.2) is 33.0 Å². The molecule has 7 heteroatoms. The van der Waals surface area contributed by atoms with Crippen LogP contribution in [0.4, 0.5) is 5.82 Å². The van der Waals surface area contributed by atoms with Crippen molar-refractivity contribution >= 4 is 22.6 Å². The van der Waals surface area contributed by atoms with E-state index >= 15 is 0 Å². The van der Waals surface area contributed by atoms with Crippen molar-refractivity contribution in [2.24, 2.45) is 0 Å². The number of carbonyl (C=O) groups excluding carboxylic acids is 1. The van der Waals surface area contributed by atoms with E-state index in [0.29, 0.717) is 18.1 Å². The van der Waals surface area contributed by atoms with Crippen molar-refractivity contribution in [3.63, 3.8) is 0 Å². The molecule has 34 heavy (non-hydrogen) atoms. The Labute approximate surface area is 199 Å². The standard InChI is InChI=1S/C27H30N6O/c1-17(2)30-26(34)20-10-7-11-24-21(20)14-18(3)33(24)27-31-23-12-13-28-16-22(23)25(32-27)29-15-19-8-5-4-6-9-19/h4-11,14,17,28H,12-13,15-16H2,1-3H3,(H,30,34)(H,29,31,32). The molecule has 0 spiro atoms. The Morgan fingerprint density at radius 3 is 2.74 bits per heavy atom. The molecular weight excluding hydrogens is 424 g/mol. The molecule has 0 bridgehead atoms. The summed E-state index contributed by atoms with van der Waals surface area (Å²) < 4.78 is 2.05. The summed E-state index contributed by atoms with van der Waals surface area (Å²) in [5, 5.41) is 10.9. The fourth-order valence-corrected chi connectivity index (χ4v) is 4.52. The number of hydrogen-bond donors (Lipinski definition) is 3. The second-order valence-corrected chi connectivity index (χ2v) is 9.05. The number of carbonyl (C=O) groups is 1. The Kier molecular flexibility index (Phi) is 6.02. The molecule has 174 valence electrons. The highest BCUT2D eigenvalue weighted by Crippen LogP contribution is 2.28. The molecule has 5 rings (SSSR count). The van der Waals surface area contributed by atoms with Crippen molar-refractivity contribution in [3.05, 3.63) is 82.7 Å². The molecule has 7 nitrogen and oxygen atoms in total. The largest absolute Gasteiger partial charge is 0.366 e. The maximum atomic E-state index is 12.8. The smallest absolute Gasteiger partial charge is 0.252 e. The molecular formula is C27H30N6O. The van der Waals surface area contributed by atoms with Crippen molar-refractivity contribution in [1.82, 2.24) is 25.2 Å². The van der Waals surface area contributed by atoms with Gasteiger partial charge in [-0.25, -0.2) is 4.98 Å². The zero-order valence-electron chi connectivity index (χ0n) is 19.9. The molecule has 0 atom stereocenters. The molecule has 0 aliphatic carbocycles. The van der Waals surface area contributed by atoms with Gasteiger partial charge in [0.15, 0.2) is 0 Å². The van der Waals surface area contributed by atoms with Gasteiger partial charge in [0.05, 0.1) is 11.2 Å². The van der Waals surface area contributed by atoms with E-state index in [9.17, 15) is 4.79 Å². The molecule has 1 aliphatic rings. The average molecular weight is 455 g/mol. The van der Waals surface area contributed by atoms with Gasteiger partial charge >= 0.3 is 0 Å². The van der Waals surface area contributed by atoms with E-state index in [2.05, 4.69) is 32.7 Å². The second kappa shape index (κ2) is 9.27. The lowest BCUT2D eigenvalue weighted by atomic mass is 10.1. The van der Waals surface area contributed by atoms with Gasteiger partial charge < -0.3 is 16.0 Å². The minimum Gasteiger partial charge on any atom is -0.366 e. The molecule has 2 aromatic heterocycles. The zero-order valence-corrected chi connectivity index (χ0v) is 19.9. The van der Waals surface area contributed by atoms with Gasteiger partial charge in [0, 0.05) is 54.3 Å². The van der Waals surface area contributed by atoms with Crippen LogP contribution in [0.5, 0.6) is 0 Å². The minimum absolute atomic E-state index is 0.0691. The lowest BCUT2D eigenvalue weighted by Gasteiger charge is -2.21. The van der Waals surface area contributed by atoms with Gasteiger partial charge in [-0.1, -0.05) is 36.4 Å². The molecule has 0 saturated carbocycles. The van der Waals surface area contributed by atoms with Crippen LogP contribution in [0.15, 0.2) is 54.6 Å². The number of aryl methyl sites for hydroxylation is 1. The van der Waals surface area contributed by atoms with Crippen LogP contribution in [-0.2, 0) is 19.5 Å². The maximum Gasteiger partial charge on any atom is 0.252 e. The first-order valence-electron chi connectivity index (χ1n) is 11.8. The molecule has 1 aliphatic heterocycles. The average Bonchev–Trinajstić information content (AvgIpc) is 3.18. The van der Waals surface area contributed by atoms with Gasteiger partial charge in [0.2, 0.25) is 5.95 Å². The third kappa shape index (κ3) is 4.26. The van der Waals surface area contributed by atoms with Gasteiger partial charge in [-0.3, -0.25) is 9.36 Å². The number of aromatic nitrogens is 3. The first-order valence-corrected chi connectivity index (χ1v) is 11.8. The van der Waals surface area contributed by atoms with Crippen LogP contribution in [0.3, 0.4) is 0 Å². The van der Waals surface area contributed by atoms with Gasteiger partial charge in [-0.05, 0) is 44.5 Å². The number of hydrogen-bond acceptors (Lipinski definition) is 5. The van der Waals surface area contributed by atoms with Crippen molar-refractivity contribution in [1.29, 1.82) is 0 Å². The number of anilines is 1. The van der Waals surface area contributed by atoms with Crippen molar-refractivity contribution < 1.29 is 4.79 Å². The molecule has 4 aromatic rings. The van der Waals surface area contributed by atoms with Crippen LogP contribution < -0.4 is 16.0 Å². The summed E-state index contributed by atoms with van der Waals surface area (Å²) >= 11 is 0. The van der Waals surface area contributed by atoms with E-state index in [-0.39, 0.29) is 11.9 Å². The summed E-state index contributed by atoms with van der Waals surface area (Å²) in [6.45, 7) is 8.30. The van der Waals surface area contributed by atoms with Gasteiger partial charge in [0.25, 0.3) is 5.91 Å². The first kappa shape index (κ1) is 22.1. The van der Waals surface area contributed by atoms with Gasteiger partial charge in [0.1, 0.15) is 5.82 Å².